The number of anilines is 1. The lowest BCUT2D eigenvalue weighted by Crippen LogP contribution is -2.40. The van der Waals surface area contributed by atoms with E-state index in [4.69, 9.17) is 0 Å². The molecule has 2 saturated heterocycles. The number of imide groups is 1. The number of nitrogens with one attached hydrogen (secondary N) is 2. The van der Waals surface area contributed by atoms with E-state index in [-0.39, 0.29) is 11.9 Å². The van der Waals surface area contributed by atoms with Crippen molar-refractivity contribution >= 4 is 23.7 Å². The molecule has 4 amide bonds. The van der Waals surface area contributed by atoms with E-state index in [9.17, 15) is 14.4 Å². The zero-order chi connectivity index (χ0) is 21.8. The van der Waals surface area contributed by atoms with Crippen LogP contribution in [0.1, 0.15) is 40.4 Å². The molecule has 0 spiro atoms. The Hall–Kier alpha value is -3.42. The van der Waals surface area contributed by atoms with Gasteiger partial charge in [-0.15, -0.1) is 0 Å². The average Bonchev–Trinajstić information content (AvgIpc) is 3.45. The molecule has 2 fully saturated rings. The topological polar surface area (TPSA) is 94.6 Å². The monoisotopic (exact) mass is 419 g/mol. The molecule has 1 aromatic heterocycles. The van der Waals surface area contributed by atoms with E-state index < -0.39 is 17.5 Å². The molecule has 1 aromatic carbocycles. The number of urea groups is 1. The summed E-state index contributed by atoms with van der Waals surface area (Å²) in [6, 6.07) is 8.88. The Balaban J connectivity index is 1.28. The number of benzene rings is 1. The van der Waals surface area contributed by atoms with Crippen LogP contribution in [0.5, 0.6) is 0 Å². The molecule has 3 aliphatic rings. The van der Waals surface area contributed by atoms with Crippen LogP contribution in [-0.2, 0) is 16.8 Å². The molecule has 4 heterocycles. The summed E-state index contributed by atoms with van der Waals surface area (Å²) in [7, 11) is 0. The Morgan fingerprint density at radius 2 is 1.97 bits per heavy atom. The van der Waals surface area contributed by atoms with Gasteiger partial charge >= 0.3 is 6.03 Å². The fraction of sp³-hybridized carbons (Fsp3) is 0.391. The van der Waals surface area contributed by atoms with Crippen LogP contribution in [0, 0.1) is 6.92 Å². The maximum absolute atomic E-state index is 13.1. The Morgan fingerprint density at radius 3 is 2.68 bits per heavy atom. The van der Waals surface area contributed by atoms with Crippen molar-refractivity contribution in [3.8, 4) is 0 Å². The maximum Gasteiger partial charge on any atom is 0.322 e. The summed E-state index contributed by atoms with van der Waals surface area (Å²) in [4.78, 5) is 45.6. The van der Waals surface area contributed by atoms with Gasteiger partial charge in [-0.2, -0.15) is 0 Å². The summed E-state index contributed by atoms with van der Waals surface area (Å²) in [5.41, 5.74) is 2.56. The van der Waals surface area contributed by atoms with Crippen molar-refractivity contribution in [3.05, 3.63) is 58.8 Å². The van der Waals surface area contributed by atoms with Crippen molar-refractivity contribution in [3.63, 3.8) is 0 Å². The van der Waals surface area contributed by atoms with E-state index in [1.165, 1.54) is 11.1 Å². The Bertz CT molecular complexity index is 1080. The minimum atomic E-state index is -1.12. The third-order valence-electron chi connectivity index (χ3n) is 6.62. The van der Waals surface area contributed by atoms with E-state index in [0.29, 0.717) is 24.2 Å². The minimum Gasteiger partial charge on any atom is -0.351 e. The van der Waals surface area contributed by atoms with Crippen molar-refractivity contribution in [2.45, 2.75) is 38.3 Å². The molecule has 0 bridgehead atoms. The zero-order valence-electron chi connectivity index (χ0n) is 17.6. The van der Waals surface area contributed by atoms with Gasteiger partial charge in [-0.25, -0.2) is 9.78 Å². The molecule has 0 aliphatic carbocycles. The molecule has 31 heavy (non-hydrogen) atoms. The van der Waals surface area contributed by atoms with Crippen LogP contribution in [0.2, 0.25) is 0 Å². The highest BCUT2D eigenvalue weighted by molar-refractivity contribution is 6.07. The first-order valence-electron chi connectivity index (χ1n) is 10.6. The van der Waals surface area contributed by atoms with Crippen LogP contribution in [0.25, 0.3) is 0 Å². The van der Waals surface area contributed by atoms with Gasteiger partial charge in [0.2, 0.25) is 0 Å². The standard InChI is InChI=1S/C23H25N5O3/c1-14-11-16-7-10-28(19(16)24-12-14)18-8-9-27(13-18)20(29)15-3-5-17(6-4-15)23(2)21(30)25-22(31)26-23/h3-6,11-12,18H,7-10,13H2,1-2H3,(H2,25,26,30,31)/t18-,23+/m0/s1. The maximum atomic E-state index is 13.1. The lowest BCUT2D eigenvalue weighted by Gasteiger charge is -2.26. The van der Waals surface area contributed by atoms with Crippen molar-refractivity contribution in [2.75, 3.05) is 24.5 Å². The van der Waals surface area contributed by atoms with Crippen LogP contribution in [0.4, 0.5) is 10.6 Å². The number of aryl methyl sites for hydroxylation is 1. The summed E-state index contributed by atoms with van der Waals surface area (Å²) in [5.74, 6) is 0.642. The van der Waals surface area contributed by atoms with Crippen LogP contribution >= 0.6 is 0 Å². The number of carbonyl (C=O) groups excluding carboxylic acids is 3. The molecule has 2 N–H and O–H groups in total. The number of rotatable bonds is 3. The number of pyridine rings is 1. The summed E-state index contributed by atoms with van der Waals surface area (Å²) in [5, 5.41) is 4.90. The van der Waals surface area contributed by atoms with Gasteiger partial charge in [0, 0.05) is 37.4 Å². The molecule has 160 valence electrons. The SMILES string of the molecule is Cc1cnc2c(c1)CCN2[C@H]1CCN(C(=O)c2ccc([C@@]3(C)NC(=O)NC3=O)cc2)C1. The third kappa shape index (κ3) is 3.22. The largest absolute Gasteiger partial charge is 0.351 e. The predicted octanol–water partition coefficient (Wildman–Crippen LogP) is 1.72. The number of aromatic nitrogens is 1. The quantitative estimate of drug-likeness (QED) is 0.739. The predicted molar refractivity (Wildman–Crippen MR) is 115 cm³/mol. The molecular formula is C23H25N5O3. The number of hydrogen-bond acceptors (Lipinski definition) is 5. The third-order valence-corrected chi connectivity index (χ3v) is 6.62. The fourth-order valence-corrected chi connectivity index (χ4v) is 4.82. The smallest absolute Gasteiger partial charge is 0.322 e. The van der Waals surface area contributed by atoms with E-state index >= 15 is 0 Å². The van der Waals surface area contributed by atoms with Gasteiger partial charge in [-0.1, -0.05) is 18.2 Å². The second-order valence-electron chi connectivity index (χ2n) is 8.74. The number of amides is 4. The van der Waals surface area contributed by atoms with E-state index in [2.05, 4.69) is 33.5 Å². The Morgan fingerprint density at radius 1 is 1.19 bits per heavy atom. The van der Waals surface area contributed by atoms with Crippen molar-refractivity contribution in [1.29, 1.82) is 0 Å². The number of fused-ring (bicyclic) bond motifs is 1. The van der Waals surface area contributed by atoms with Gasteiger partial charge in [0.1, 0.15) is 11.4 Å². The molecule has 0 saturated carbocycles. The lowest BCUT2D eigenvalue weighted by molar-refractivity contribution is -0.123. The van der Waals surface area contributed by atoms with Gasteiger partial charge in [0.05, 0.1) is 0 Å². The highest BCUT2D eigenvalue weighted by Gasteiger charge is 2.43. The summed E-state index contributed by atoms with van der Waals surface area (Å²) in [6.07, 6.45) is 3.83. The van der Waals surface area contributed by atoms with Crippen molar-refractivity contribution in [2.24, 2.45) is 0 Å². The normalized spacial score (nSPS) is 24.9. The van der Waals surface area contributed by atoms with Gasteiger partial charge in [-0.3, -0.25) is 14.9 Å². The van der Waals surface area contributed by atoms with Crippen LogP contribution in [0.3, 0.4) is 0 Å². The molecule has 0 radical (unpaired) electrons. The second kappa shape index (κ2) is 7.08. The van der Waals surface area contributed by atoms with E-state index in [1.54, 1.807) is 31.2 Å². The lowest BCUT2D eigenvalue weighted by atomic mass is 9.91. The molecule has 0 unspecified atom stereocenters. The molecule has 8 nitrogen and oxygen atoms in total. The summed E-state index contributed by atoms with van der Waals surface area (Å²) >= 11 is 0. The van der Waals surface area contributed by atoms with Crippen LogP contribution in [-0.4, -0.2) is 53.4 Å². The van der Waals surface area contributed by atoms with Gasteiger partial charge < -0.3 is 15.1 Å². The molecule has 8 heteroatoms. The molecular weight excluding hydrogens is 394 g/mol. The van der Waals surface area contributed by atoms with Crippen LogP contribution in [0.15, 0.2) is 36.5 Å². The second-order valence-corrected chi connectivity index (χ2v) is 8.74. The highest BCUT2D eigenvalue weighted by atomic mass is 16.2. The van der Waals surface area contributed by atoms with E-state index in [0.717, 1.165) is 25.2 Å². The van der Waals surface area contributed by atoms with Crippen molar-refractivity contribution in [1.82, 2.24) is 20.5 Å². The minimum absolute atomic E-state index is 0.0182. The first-order valence-corrected chi connectivity index (χ1v) is 10.6. The van der Waals surface area contributed by atoms with E-state index in [1.807, 2.05) is 11.1 Å². The molecule has 3 aliphatic heterocycles. The average molecular weight is 419 g/mol. The summed E-state index contributed by atoms with van der Waals surface area (Å²) in [6.45, 7) is 6.04. The van der Waals surface area contributed by atoms with Gasteiger partial charge in [0.15, 0.2) is 0 Å². The fourth-order valence-electron chi connectivity index (χ4n) is 4.82. The first kappa shape index (κ1) is 19.5. The first-order chi connectivity index (χ1) is 14.8. The van der Waals surface area contributed by atoms with Crippen LogP contribution < -0.4 is 15.5 Å². The summed E-state index contributed by atoms with van der Waals surface area (Å²) < 4.78 is 0. The molecule has 2 atom stereocenters. The number of nitrogens with zero attached hydrogens (tertiary/aromatic N) is 3. The molecule has 2 aromatic rings. The Labute approximate surface area is 180 Å². The van der Waals surface area contributed by atoms with Gasteiger partial charge in [0.25, 0.3) is 11.8 Å². The number of hydrogen-bond donors (Lipinski definition) is 2. The highest BCUT2D eigenvalue weighted by Crippen LogP contribution is 2.31. The Kier molecular flexibility index (Phi) is 4.46. The molecule has 5 rings (SSSR count). The zero-order valence-corrected chi connectivity index (χ0v) is 17.6. The van der Waals surface area contributed by atoms with Gasteiger partial charge in [-0.05, 0) is 55.5 Å². The number of likely N-dealkylation sites (tertiary alicyclic amines) is 1. The number of carbonyl (C=O) groups is 3. The van der Waals surface area contributed by atoms with Crippen molar-refractivity contribution < 1.29 is 14.4 Å².